The molecule has 0 radical (unpaired) electrons. The van der Waals surface area contributed by atoms with Crippen LogP contribution in [0.5, 0.6) is 0 Å². The van der Waals surface area contributed by atoms with Gasteiger partial charge in [-0.2, -0.15) is 0 Å². The third-order valence-electron chi connectivity index (χ3n) is 4.26. The Bertz CT molecular complexity index is 477. The van der Waals surface area contributed by atoms with Crippen LogP contribution in [0.2, 0.25) is 5.02 Å². The normalized spacial score (nSPS) is 27.2. The summed E-state index contributed by atoms with van der Waals surface area (Å²) in [5, 5.41) is 4.17. The first-order chi connectivity index (χ1) is 9.24. The SMILES string of the molecule is O=C1CCC2CNCCC2N1Cc1cccc(Cl)c1. The van der Waals surface area contributed by atoms with Crippen molar-refractivity contribution in [1.82, 2.24) is 10.2 Å². The fourth-order valence-corrected chi connectivity index (χ4v) is 3.50. The Balaban J connectivity index is 1.78. The summed E-state index contributed by atoms with van der Waals surface area (Å²) in [4.78, 5) is 14.3. The maximum absolute atomic E-state index is 12.2. The van der Waals surface area contributed by atoms with Gasteiger partial charge in [-0.1, -0.05) is 23.7 Å². The van der Waals surface area contributed by atoms with Crippen molar-refractivity contribution in [1.29, 1.82) is 0 Å². The second-order valence-electron chi connectivity index (χ2n) is 5.51. The van der Waals surface area contributed by atoms with Crippen LogP contribution in [-0.4, -0.2) is 29.9 Å². The second kappa shape index (κ2) is 5.51. The standard InChI is InChI=1S/C15H19ClN2O/c16-13-3-1-2-11(8-13)10-18-14-6-7-17-9-12(14)4-5-15(18)19/h1-3,8,12,14,17H,4-7,9-10H2. The zero-order chi connectivity index (χ0) is 13.2. The first kappa shape index (κ1) is 12.9. The second-order valence-corrected chi connectivity index (χ2v) is 5.95. The zero-order valence-corrected chi connectivity index (χ0v) is 11.7. The average molecular weight is 279 g/mol. The lowest BCUT2D eigenvalue weighted by Crippen LogP contribution is -2.54. The van der Waals surface area contributed by atoms with Crippen LogP contribution in [0.15, 0.2) is 24.3 Å². The molecule has 2 aliphatic rings. The van der Waals surface area contributed by atoms with E-state index < -0.39 is 0 Å². The zero-order valence-electron chi connectivity index (χ0n) is 10.9. The number of carbonyl (C=O) groups excluding carboxylic acids is 1. The minimum Gasteiger partial charge on any atom is -0.335 e. The minimum absolute atomic E-state index is 0.295. The fourth-order valence-electron chi connectivity index (χ4n) is 3.29. The number of nitrogens with zero attached hydrogens (tertiary/aromatic N) is 1. The summed E-state index contributed by atoms with van der Waals surface area (Å²) >= 11 is 6.02. The van der Waals surface area contributed by atoms with E-state index in [0.717, 1.165) is 36.5 Å². The number of fused-ring (bicyclic) bond motifs is 1. The van der Waals surface area contributed by atoms with Gasteiger partial charge in [-0.3, -0.25) is 4.79 Å². The molecule has 4 heteroatoms. The lowest BCUT2D eigenvalue weighted by Gasteiger charge is -2.44. The van der Waals surface area contributed by atoms with E-state index in [2.05, 4.69) is 10.2 Å². The first-order valence-corrected chi connectivity index (χ1v) is 7.36. The summed E-state index contributed by atoms with van der Waals surface area (Å²) in [7, 11) is 0. The highest BCUT2D eigenvalue weighted by molar-refractivity contribution is 6.30. The lowest BCUT2D eigenvalue weighted by atomic mass is 9.84. The predicted molar refractivity (Wildman–Crippen MR) is 76.0 cm³/mol. The third kappa shape index (κ3) is 2.77. The number of hydrogen-bond acceptors (Lipinski definition) is 2. The van der Waals surface area contributed by atoms with Crippen molar-refractivity contribution in [2.24, 2.45) is 5.92 Å². The van der Waals surface area contributed by atoms with Gasteiger partial charge in [0.15, 0.2) is 0 Å². The molecule has 102 valence electrons. The summed E-state index contributed by atoms with van der Waals surface area (Å²) < 4.78 is 0. The summed E-state index contributed by atoms with van der Waals surface area (Å²) in [5.74, 6) is 0.911. The number of nitrogens with one attached hydrogen (secondary N) is 1. The molecule has 1 aromatic rings. The highest BCUT2D eigenvalue weighted by Gasteiger charge is 2.36. The highest BCUT2D eigenvalue weighted by atomic mass is 35.5. The molecular weight excluding hydrogens is 260 g/mol. The van der Waals surface area contributed by atoms with E-state index in [4.69, 9.17) is 11.6 Å². The number of hydrogen-bond donors (Lipinski definition) is 1. The van der Waals surface area contributed by atoms with Crippen LogP contribution in [0.25, 0.3) is 0 Å². The van der Waals surface area contributed by atoms with Gasteiger partial charge in [-0.25, -0.2) is 0 Å². The molecule has 1 N–H and O–H groups in total. The average Bonchev–Trinajstić information content (AvgIpc) is 2.42. The van der Waals surface area contributed by atoms with Crippen molar-refractivity contribution in [2.45, 2.75) is 31.8 Å². The fraction of sp³-hybridized carbons (Fsp3) is 0.533. The van der Waals surface area contributed by atoms with Crippen LogP contribution in [-0.2, 0) is 11.3 Å². The summed E-state index contributed by atoms with van der Waals surface area (Å²) in [6, 6.07) is 8.23. The van der Waals surface area contributed by atoms with Gasteiger partial charge in [0.05, 0.1) is 0 Å². The van der Waals surface area contributed by atoms with E-state index in [9.17, 15) is 4.79 Å². The minimum atomic E-state index is 0.295. The third-order valence-corrected chi connectivity index (χ3v) is 4.49. The van der Waals surface area contributed by atoms with Gasteiger partial charge in [-0.15, -0.1) is 0 Å². The lowest BCUT2D eigenvalue weighted by molar-refractivity contribution is -0.140. The molecule has 2 saturated heterocycles. The van der Waals surface area contributed by atoms with Crippen LogP contribution < -0.4 is 5.32 Å². The quantitative estimate of drug-likeness (QED) is 0.901. The number of rotatable bonds is 2. The van der Waals surface area contributed by atoms with Gasteiger partial charge < -0.3 is 10.2 Å². The highest BCUT2D eigenvalue weighted by Crippen LogP contribution is 2.30. The van der Waals surface area contributed by atoms with E-state index >= 15 is 0 Å². The molecule has 3 rings (SSSR count). The van der Waals surface area contributed by atoms with Crippen LogP contribution in [0.1, 0.15) is 24.8 Å². The van der Waals surface area contributed by atoms with Crippen molar-refractivity contribution in [3.8, 4) is 0 Å². The Morgan fingerprint density at radius 3 is 3.11 bits per heavy atom. The van der Waals surface area contributed by atoms with Crippen molar-refractivity contribution in [2.75, 3.05) is 13.1 Å². The van der Waals surface area contributed by atoms with Gasteiger partial charge >= 0.3 is 0 Å². The summed E-state index contributed by atoms with van der Waals surface area (Å²) in [5.41, 5.74) is 1.13. The Morgan fingerprint density at radius 2 is 2.26 bits per heavy atom. The van der Waals surface area contributed by atoms with Crippen LogP contribution in [0, 0.1) is 5.92 Å². The topological polar surface area (TPSA) is 32.3 Å². The largest absolute Gasteiger partial charge is 0.335 e. The van der Waals surface area contributed by atoms with E-state index in [1.165, 1.54) is 0 Å². The van der Waals surface area contributed by atoms with Gasteiger partial charge in [-0.05, 0) is 49.5 Å². The smallest absolute Gasteiger partial charge is 0.223 e. The number of amides is 1. The first-order valence-electron chi connectivity index (χ1n) is 6.98. The molecule has 0 aliphatic carbocycles. The van der Waals surface area contributed by atoms with Crippen LogP contribution in [0.3, 0.4) is 0 Å². The number of likely N-dealkylation sites (tertiary alicyclic amines) is 1. The summed E-state index contributed by atoms with van der Waals surface area (Å²) in [6.45, 7) is 2.76. The molecule has 2 heterocycles. The van der Waals surface area contributed by atoms with Crippen LogP contribution >= 0.6 is 11.6 Å². The Morgan fingerprint density at radius 1 is 1.37 bits per heavy atom. The molecule has 2 aliphatic heterocycles. The molecule has 0 aromatic heterocycles. The molecule has 0 saturated carbocycles. The molecule has 0 spiro atoms. The maximum Gasteiger partial charge on any atom is 0.223 e. The number of halogens is 1. The number of benzene rings is 1. The van der Waals surface area contributed by atoms with Gasteiger partial charge in [0.1, 0.15) is 0 Å². The predicted octanol–water partition coefficient (Wildman–Crippen LogP) is 2.44. The Hall–Kier alpha value is -1.06. The Labute approximate surface area is 118 Å². The molecule has 0 bridgehead atoms. The van der Waals surface area contributed by atoms with E-state index in [1.54, 1.807) is 0 Å². The van der Waals surface area contributed by atoms with Crippen molar-refractivity contribution in [3.05, 3.63) is 34.9 Å². The summed E-state index contributed by atoms with van der Waals surface area (Å²) in [6.07, 6.45) is 2.78. The molecular formula is C15H19ClN2O. The monoisotopic (exact) mass is 278 g/mol. The molecule has 3 nitrogen and oxygen atoms in total. The van der Waals surface area contributed by atoms with E-state index in [1.807, 2.05) is 24.3 Å². The van der Waals surface area contributed by atoms with Gasteiger partial charge in [0, 0.05) is 24.0 Å². The Kier molecular flexibility index (Phi) is 3.76. The molecule has 2 atom stereocenters. The number of piperidine rings is 2. The number of carbonyl (C=O) groups is 1. The van der Waals surface area contributed by atoms with Gasteiger partial charge in [0.2, 0.25) is 5.91 Å². The van der Waals surface area contributed by atoms with Crippen LogP contribution in [0.4, 0.5) is 0 Å². The molecule has 19 heavy (non-hydrogen) atoms. The van der Waals surface area contributed by atoms with Crippen molar-refractivity contribution >= 4 is 17.5 Å². The molecule has 1 amide bonds. The molecule has 2 unspecified atom stereocenters. The maximum atomic E-state index is 12.2. The van der Waals surface area contributed by atoms with E-state index in [-0.39, 0.29) is 0 Å². The van der Waals surface area contributed by atoms with Gasteiger partial charge in [0.25, 0.3) is 0 Å². The van der Waals surface area contributed by atoms with Crippen molar-refractivity contribution < 1.29 is 4.79 Å². The molecule has 1 aromatic carbocycles. The van der Waals surface area contributed by atoms with Crippen molar-refractivity contribution in [3.63, 3.8) is 0 Å². The molecule has 2 fully saturated rings. The van der Waals surface area contributed by atoms with E-state index in [0.29, 0.717) is 30.8 Å².